The predicted octanol–water partition coefficient (Wildman–Crippen LogP) is 2.31. The zero-order valence-electron chi connectivity index (χ0n) is 14.1. The summed E-state index contributed by atoms with van der Waals surface area (Å²) < 4.78 is 10.7. The molecule has 0 spiro atoms. The van der Waals surface area contributed by atoms with Crippen molar-refractivity contribution in [3.63, 3.8) is 0 Å². The van der Waals surface area contributed by atoms with Gasteiger partial charge in [-0.15, -0.1) is 0 Å². The van der Waals surface area contributed by atoms with Gasteiger partial charge in [0.25, 0.3) is 0 Å². The Bertz CT molecular complexity index is 793. The highest BCUT2D eigenvalue weighted by atomic mass is 16.6. The van der Waals surface area contributed by atoms with Gasteiger partial charge in [-0.25, -0.2) is 0 Å². The number of pyridine rings is 1. The van der Waals surface area contributed by atoms with E-state index in [9.17, 15) is 15.2 Å². The molecule has 0 unspecified atom stereocenters. The van der Waals surface area contributed by atoms with Crippen LogP contribution in [0.1, 0.15) is 34.6 Å². The molecular formula is C18H20N2O5. The van der Waals surface area contributed by atoms with Crippen molar-refractivity contribution in [3.8, 4) is 11.5 Å². The number of nitro groups is 1. The second-order valence-corrected chi connectivity index (χ2v) is 6.01. The average molecular weight is 344 g/mol. The molecule has 0 aliphatic heterocycles. The summed E-state index contributed by atoms with van der Waals surface area (Å²) in [6.07, 6.45) is 4.17. The Hall–Kier alpha value is -2.67. The molecule has 1 aliphatic carbocycles. The molecule has 1 aromatic heterocycles. The van der Waals surface area contributed by atoms with Crippen LogP contribution in [0.4, 0.5) is 0 Å². The number of fused-ring (bicyclic) bond motifs is 1. The molecule has 2 atom stereocenters. The first-order chi connectivity index (χ1) is 12.1. The Labute approximate surface area is 145 Å². The minimum Gasteiger partial charge on any atom is -0.493 e. The van der Waals surface area contributed by atoms with Crippen LogP contribution in [0.3, 0.4) is 0 Å². The van der Waals surface area contributed by atoms with E-state index in [4.69, 9.17) is 9.47 Å². The monoisotopic (exact) mass is 344 g/mol. The third-order valence-electron chi connectivity index (χ3n) is 4.79. The first kappa shape index (κ1) is 17.2. The maximum Gasteiger partial charge on any atom is 0.224 e. The van der Waals surface area contributed by atoms with E-state index >= 15 is 0 Å². The maximum absolute atomic E-state index is 11.7. The summed E-state index contributed by atoms with van der Waals surface area (Å²) in [7, 11) is 3.11. The fourth-order valence-corrected chi connectivity index (χ4v) is 3.60. The van der Waals surface area contributed by atoms with Crippen molar-refractivity contribution in [1.29, 1.82) is 0 Å². The normalized spacial score (nSPS) is 19.2. The van der Waals surface area contributed by atoms with Crippen molar-refractivity contribution in [1.82, 2.24) is 4.98 Å². The van der Waals surface area contributed by atoms with Gasteiger partial charge in [-0.3, -0.25) is 15.1 Å². The molecular weight excluding hydrogens is 324 g/mol. The second kappa shape index (κ2) is 7.06. The predicted molar refractivity (Wildman–Crippen MR) is 90.7 cm³/mol. The molecule has 0 saturated carbocycles. The van der Waals surface area contributed by atoms with Crippen molar-refractivity contribution < 1.29 is 19.5 Å². The SMILES string of the molecule is COc1cc2c(cc1OC)[C@H](c1ccncc1CO)[C@@H]([N+](=O)[O-])CC2. The molecule has 132 valence electrons. The number of hydrogen-bond donors (Lipinski definition) is 1. The first-order valence-electron chi connectivity index (χ1n) is 8.02. The standard InChI is InChI=1S/C18H20N2O5/c1-24-16-7-11-3-4-15(20(22)23)18(14(11)8-17(16)25-2)13-5-6-19-9-12(13)10-21/h5-9,15,18,21H,3-4,10H2,1-2H3/t15-,18-/m0/s1. The third-order valence-corrected chi connectivity index (χ3v) is 4.79. The fraction of sp³-hybridized carbons (Fsp3) is 0.389. The van der Waals surface area contributed by atoms with Gasteiger partial charge in [-0.2, -0.15) is 0 Å². The molecule has 0 radical (unpaired) electrons. The maximum atomic E-state index is 11.7. The number of aliphatic hydroxyl groups is 1. The molecule has 1 N–H and O–H groups in total. The number of aromatic nitrogens is 1. The smallest absolute Gasteiger partial charge is 0.224 e. The summed E-state index contributed by atoms with van der Waals surface area (Å²) in [5.41, 5.74) is 3.17. The van der Waals surface area contributed by atoms with Gasteiger partial charge in [-0.05, 0) is 46.9 Å². The lowest BCUT2D eigenvalue weighted by atomic mass is 9.74. The quantitative estimate of drug-likeness (QED) is 0.661. The van der Waals surface area contributed by atoms with Gasteiger partial charge >= 0.3 is 0 Å². The summed E-state index contributed by atoms with van der Waals surface area (Å²) in [5, 5.41) is 21.3. The van der Waals surface area contributed by atoms with Crippen LogP contribution in [0.25, 0.3) is 0 Å². The van der Waals surface area contributed by atoms with E-state index in [0.29, 0.717) is 29.9 Å². The lowest BCUT2D eigenvalue weighted by Gasteiger charge is -2.30. The van der Waals surface area contributed by atoms with E-state index < -0.39 is 12.0 Å². The van der Waals surface area contributed by atoms with Crippen LogP contribution in [-0.2, 0) is 13.0 Å². The third kappa shape index (κ3) is 3.02. The summed E-state index contributed by atoms with van der Waals surface area (Å²) in [5.74, 6) is 0.676. The van der Waals surface area contributed by atoms with E-state index in [1.165, 1.54) is 0 Å². The lowest BCUT2D eigenvalue weighted by Crippen LogP contribution is -2.33. The largest absolute Gasteiger partial charge is 0.493 e. The van der Waals surface area contributed by atoms with E-state index in [0.717, 1.165) is 16.7 Å². The molecule has 0 amide bonds. The van der Waals surface area contributed by atoms with Gasteiger partial charge in [0.05, 0.1) is 26.7 Å². The molecule has 1 aromatic carbocycles. The highest BCUT2D eigenvalue weighted by molar-refractivity contribution is 5.53. The summed E-state index contributed by atoms with van der Waals surface area (Å²) >= 11 is 0. The minimum absolute atomic E-state index is 0.216. The topological polar surface area (TPSA) is 94.7 Å². The summed E-state index contributed by atoms with van der Waals surface area (Å²) in [4.78, 5) is 15.5. The zero-order chi connectivity index (χ0) is 18.0. The number of rotatable bonds is 5. The number of ether oxygens (including phenoxy) is 2. The van der Waals surface area contributed by atoms with E-state index in [1.807, 2.05) is 12.1 Å². The number of nitrogens with zero attached hydrogens (tertiary/aromatic N) is 2. The number of methoxy groups -OCH3 is 2. The van der Waals surface area contributed by atoms with Crippen molar-refractivity contribution in [2.45, 2.75) is 31.4 Å². The lowest BCUT2D eigenvalue weighted by molar-refractivity contribution is -0.526. The number of benzene rings is 1. The molecule has 1 heterocycles. The Morgan fingerprint density at radius 1 is 1.28 bits per heavy atom. The summed E-state index contributed by atoms with van der Waals surface area (Å²) in [6.45, 7) is -0.216. The van der Waals surface area contributed by atoms with Gasteiger partial charge in [-0.1, -0.05) is 0 Å². The second-order valence-electron chi connectivity index (χ2n) is 6.01. The Balaban J connectivity index is 2.22. The van der Waals surface area contributed by atoms with E-state index in [1.54, 1.807) is 32.7 Å². The van der Waals surface area contributed by atoms with E-state index in [2.05, 4.69) is 4.98 Å². The summed E-state index contributed by atoms with van der Waals surface area (Å²) in [6, 6.07) is 4.68. The van der Waals surface area contributed by atoms with Gasteiger partial charge < -0.3 is 14.6 Å². The molecule has 7 nitrogen and oxygen atoms in total. The minimum atomic E-state index is -0.765. The Kier molecular flexibility index (Phi) is 4.85. The number of hydrogen-bond acceptors (Lipinski definition) is 6. The molecule has 2 aromatic rings. The highest BCUT2D eigenvalue weighted by Crippen LogP contribution is 2.43. The van der Waals surface area contributed by atoms with Crippen molar-refractivity contribution in [3.05, 3.63) is 63.0 Å². The fourth-order valence-electron chi connectivity index (χ4n) is 3.60. The Morgan fingerprint density at radius 2 is 2.00 bits per heavy atom. The van der Waals surface area contributed by atoms with Crippen molar-refractivity contribution in [2.24, 2.45) is 0 Å². The van der Waals surface area contributed by atoms with Crippen LogP contribution in [0.2, 0.25) is 0 Å². The molecule has 1 aliphatic rings. The highest BCUT2D eigenvalue weighted by Gasteiger charge is 2.40. The van der Waals surface area contributed by atoms with Gasteiger partial charge in [0.2, 0.25) is 6.04 Å². The van der Waals surface area contributed by atoms with Crippen LogP contribution in [-0.4, -0.2) is 35.3 Å². The molecule has 7 heteroatoms. The first-order valence-corrected chi connectivity index (χ1v) is 8.02. The van der Waals surface area contributed by atoms with Crippen molar-refractivity contribution >= 4 is 0 Å². The van der Waals surface area contributed by atoms with Crippen LogP contribution in [0.15, 0.2) is 30.6 Å². The van der Waals surface area contributed by atoms with E-state index in [-0.39, 0.29) is 11.5 Å². The van der Waals surface area contributed by atoms with Crippen LogP contribution >= 0.6 is 0 Å². The van der Waals surface area contributed by atoms with Gasteiger partial charge in [0.1, 0.15) is 0 Å². The van der Waals surface area contributed by atoms with Crippen molar-refractivity contribution in [2.75, 3.05) is 14.2 Å². The molecule has 0 saturated heterocycles. The van der Waals surface area contributed by atoms with Crippen LogP contribution in [0, 0.1) is 10.1 Å². The molecule has 0 fully saturated rings. The average Bonchev–Trinajstić information content (AvgIpc) is 2.65. The Morgan fingerprint density at radius 3 is 2.64 bits per heavy atom. The van der Waals surface area contributed by atoms with Gasteiger partial charge in [0, 0.05) is 23.7 Å². The molecule has 0 bridgehead atoms. The van der Waals surface area contributed by atoms with Gasteiger partial charge in [0.15, 0.2) is 11.5 Å². The van der Waals surface area contributed by atoms with Crippen LogP contribution < -0.4 is 9.47 Å². The molecule has 3 rings (SSSR count). The zero-order valence-corrected chi connectivity index (χ0v) is 14.1. The number of aryl methyl sites for hydroxylation is 1. The van der Waals surface area contributed by atoms with Crippen LogP contribution in [0.5, 0.6) is 11.5 Å². The molecule has 25 heavy (non-hydrogen) atoms. The number of aliphatic hydroxyl groups excluding tert-OH is 1.